The van der Waals surface area contributed by atoms with E-state index in [0.717, 1.165) is 0 Å². The number of carbonyl (C=O) groups is 6. The summed E-state index contributed by atoms with van der Waals surface area (Å²) in [5.74, 6) is -3.27. The van der Waals surface area contributed by atoms with Crippen LogP contribution in [0.1, 0.15) is 150 Å². The second kappa shape index (κ2) is 37.4. The highest BCUT2D eigenvalue weighted by molar-refractivity contribution is 5.81. The number of likely N-dealkylation sites (N-methyl/N-ethyl adjacent to an activating group) is 6. The van der Waals surface area contributed by atoms with Gasteiger partial charge in [-0.1, -0.05) is 0 Å². The van der Waals surface area contributed by atoms with Crippen LogP contribution in [0.4, 0.5) is 0 Å². The van der Waals surface area contributed by atoms with E-state index in [2.05, 4.69) is 0 Å². The van der Waals surface area contributed by atoms with Gasteiger partial charge in [-0.3, -0.25) is 28.8 Å². The van der Waals surface area contributed by atoms with E-state index >= 15 is 0 Å². The third-order valence-electron chi connectivity index (χ3n) is 18.4. The van der Waals surface area contributed by atoms with Crippen LogP contribution in [0.2, 0.25) is 0 Å². The Kier molecular flexibility index (Phi) is 29.0. The quantitative estimate of drug-likeness (QED) is 0.0244. The minimum Gasteiger partial charge on any atom is -0.508 e. The zero-order valence-corrected chi connectivity index (χ0v) is 61.2. The maximum absolute atomic E-state index is 14.1. The van der Waals surface area contributed by atoms with Crippen LogP contribution in [0.5, 0.6) is 69.0 Å². The number of ether oxygens (including phenoxy) is 6. The predicted octanol–water partition coefficient (Wildman–Crippen LogP) is 9.26. The molecule has 0 aromatic heterocycles. The average molecular weight is 1410 g/mol. The first-order valence-electron chi connectivity index (χ1n) is 35.4. The fraction of sp³-hybridized carbons (Fsp3) is 0.462. The summed E-state index contributed by atoms with van der Waals surface area (Å²) in [6, 6.07) is 17.2. The lowest BCUT2D eigenvalue weighted by atomic mass is 9.90. The molecule has 0 heterocycles. The second-order valence-corrected chi connectivity index (χ2v) is 24.7. The number of benzene rings is 6. The van der Waals surface area contributed by atoms with E-state index < -0.39 is 39.6 Å². The van der Waals surface area contributed by atoms with Crippen molar-refractivity contribution in [3.8, 4) is 69.0 Å². The molecule has 6 amide bonds. The molecule has 24 nitrogen and oxygen atoms in total. The second-order valence-electron chi connectivity index (χ2n) is 24.7. The van der Waals surface area contributed by atoms with Gasteiger partial charge in [0.05, 0.1) is 0 Å². The van der Waals surface area contributed by atoms with Gasteiger partial charge >= 0.3 is 0 Å². The number of phenolic OH excluding ortho intramolecular Hbond substituents is 6. The standard InChI is InChI=1S/C78H102N6O18/c1-13-79(14-2)67(91)43-97-73-49-25-51-33-62(86)35-53(74(51)98-44-68(92)80(15-3)16-4)27-55-37-64(88)39-57(76(55)100-46-70(94)82(19-7)20-8)29-59-41-66(90)42-60(78(59)102-48-72(96)84(23-11)24-12)30-58-40-65(89)38-56(77(58)101-47-71(95)83(21-9)22-10)28-54-36-63(87)34-52(26-50(73)32-61(85)31-49)75(54)99-45-69(93)81(17-5)18-6/h31-42,85-90H,13-30,43-48H2,1-12H3. The number of nitrogens with zero attached hydrogens (tertiary/aromatic N) is 6. The van der Waals surface area contributed by atoms with Crippen molar-refractivity contribution in [2.45, 2.75) is 122 Å². The third kappa shape index (κ3) is 20.0. The molecule has 6 aromatic carbocycles. The lowest BCUT2D eigenvalue weighted by Gasteiger charge is -2.25. The van der Waals surface area contributed by atoms with Crippen molar-refractivity contribution in [1.29, 1.82) is 0 Å². The summed E-state index contributed by atoms with van der Waals surface area (Å²) in [7, 11) is 0. The maximum atomic E-state index is 14.1. The van der Waals surface area contributed by atoms with E-state index in [9.17, 15) is 59.4 Å². The Bertz CT molecular complexity index is 3140. The summed E-state index contributed by atoms with van der Waals surface area (Å²) in [6.07, 6.45) is -1.30. The number of carbonyl (C=O) groups excluding carboxylic acids is 6. The molecule has 1 aliphatic carbocycles. The van der Waals surface area contributed by atoms with Crippen LogP contribution >= 0.6 is 0 Å². The Labute approximate surface area is 598 Å². The fourth-order valence-corrected chi connectivity index (χ4v) is 13.1. The van der Waals surface area contributed by atoms with Gasteiger partial charge in [0.25, 0.3) is 35.4 Å². The minimum absolute atomic E-state index is 0.0975. The van der Waals surface area contributed by atoms with Gasteiger partial charge in [-0.15, -0.1) is 0 Å². The van der Waals surface area contributed by atoms with Crippen molar-refractivity contribution in [3.63, 3.8) is 0 Å². The molecular weight excluding hydrogens is 1310 g/mol. The molecule has 102 heavy (non-hydrogen) atoms. The molecule has 12 bridgehead atoms. The largest absolute Gasteiger partial charge is 0.508 e. The lowest BCUT2D eigenvalue weighted by Crippen LogP contribution is -2.35. The van der Waals surface area contributed by atoms with Gasteiger partial charge in [-0.2, -0.15) is 0 Å². The number of hydrogen-bond donors (Lipinski definition) is 6. The number of hydrogen-bond acceptors (Lipinski definition) is 18. The van der Waals surface area contributed by atoms with Crippen LogP contribution in [0.25, 0.3) is 0 Å². The Morgan fingerprint density at radius 2 is 0.324 bits per heavy atom. The van der Waals surface area contributed by atoms with Crippen LogP contribution in [-0.4, -0.2) is 214 Å². The lowest BCUT2D eigenvalue weighted by molar-refractivity contribution is -0.133. The van der Waals surface area contributed by atoms with E-state index in [4.69, 9.17) is 28.4 Å². The maximum Gasteiger partial charge on any atom is 0.260 e. The topological polar surface area (TPSA) is 299 Å². The number of amides is 6. The molecular formula is C78H102N6O18. The highest BCUT2D eigenvalue weighted by atomic mass is 16.5. The Morgan fingerprint density at radius 3 is 0.412 bits per heavy atom. The summed E-state index contributed by atoms with van der Waals surface area (Å²) in [6.45, 7) is 23.3. The summed E-state index contributed by atoms with van der Waals surface area (Å²) < 4.78 is 40.0. The number of rotatable bonds is 30. The molecule has 6 aromatic rings. The highest BCUT2D eigenvalue weighted by Crippen LogP contribution is 2.45. The molecule has 0 spiro atoms. The molecule has 0 saturated heterocycles. The summed E-state index contributed by atoms with van der Waals surface area (Å²) in [5.41, 5.74) is 3.13. The summed E-state index contributed by atoms with van der Waals surface area (Å²) >= 11 is 0. The van der Waals surface area contributed by atoms with Crippen LogP contribution in [-0.2, 0) is 67.3 Å². The predicted molar refractivity (Wildman–Crippen MR) is 386 cm³/mol. The zero-order chi connectivity index (χ0) is 74.5. The first-order valence-corrected chi connectivity index (χ1v) is 35.4. The van der Waals surface area contributed by atoms with E-state index in [1.165, 1.54) is 72.8 Å². The first kappa shape index (κ1) is 79.1. The van der Waals surface area contributed by atoms with Gasteiger partial charge in [-0.25, -0.2) is 0 Å². The SMILES string of the molecule is CCN(CC)C(=O)COc1c2cc(O)cc1Cc1cc(O)cc(c1OCC(=O)N(CC)CC)Cc1cc(O)cc(c1OCC(=O)N(CC)CC)Cc1cc(O)cc(c1OCC(=O)N(CC)CC)Cc1cc(O)cc(c1OCC(=O)N(CC)CC)Cc1cc(O)cc(c1OCC(=O)N(CC)CC)C2. The van der Waals surface area contributed by atoms with Gasteiger partial charge in [0, 0.05) is 184 Å². The molecule has 0 saturated carbocycles. The molecule has 0 unspecified atom stereocenters. The van der Waals surface area contributed by atoms with Gasteiger partial charge < -0.3 is 88.5 Å². The van der Waals surface area contributed by atoms with E-state index in [0.29, 0.717) is 78.5 Å². The smallest absolute Gasteiger partial charge is 0.260 e. The van der Waals surface area contributed by atoms with Crippen molar-refractivity contribution in [2.75, 3.05) is 118 Å². The molecule has 1 aliphatic rings. The van der Waals surface area contributed by atoms with Crippen molar-refractivity contribution < 1.29 is 87.8 Å². The molecule has 0 aliphatic heterocycles. The molecule has 552 valence electrons. The van der Waals surface area contributed by atoms with E-state index in [1.807, 2.05) is 83.1 Å². The Morgan fingerprint density at radius 1 is 0.225 bits per heavy atom. The Balaban J connectivity index is 1.64. The molecule has 6 N–H and O–H groups in total. The van der Waals surface area contributed by atoms with Gasteiger partial charge in [0.2, 0.25) is 0 Å². The number of fused-ring (bicyclic) bond motifs is 12. The number of aromatic hydroxyl groups is 6. The fourth-order valence-electron chi connectivity index (χ4n) is 13.1. The van der Waals surface area contributed by atoms with E-state index in [-0.39, 0.29) is 210 Å². The van der Waals surface area contributed by atoms with Crippen LogP contribution < -0.4 is 28.4 Å². The summed E-state index contributed by atoms with van der Waals surface area (Å²) in [5, 5.41) is 72.1. The van der Waals surface area contributed by atoms with Gasteiger partial charge in [0.1, 0.15) is 69.0 Å². The molecule has 0 radical (unpaired) electrons. The normalized spacial score (nSPS) is 11.9. The highest BCUT2D eigenvalue weighted by Gasteiger charge is 2.30. The van der Waals surface area contributed by atoms with Crippen molar-refractivity contribution >= 4 is 35.4 Å². The van der Waals surface area contributed by atoms with Crippen molar-refractivity contribution in [3.05, 3.63) is 140 Å². The molecule has 0 atom stereocenters. The van der Waals surface area contributed by atoms with Crippen LogP contribution in [0.3, 0.4) is 0 Å². The van der Waals surface area contributed by atoms with E-state index in [1.54, 1.807) is 29.4 Å². The first-order chi connectivity index (χ1) is 48.9. The molecule has 7 rings (SSSR count). The van der Waals surface area contributed by atoms with Crippen LogP contribution in [0.15, 0.2) is 72.8 Å². The monoisotopic (exact) mass is 1410 g/mol. The Hall–Kier alpha value is -10.3. The number of phenols is 6. The van der Waals surface area contributed by atoms with Crippen molar-refractivity contribution in [2.24, 2.45) is 0 Å². The zero-order valence-electron chi connectivity index (χ0n) is 61.2. The molecule has 0 fully saturated rings. The summed E-state index contributed by atoms with van der Waals surface area (Å²) in [4.78, 5) is 93.9. The third-order valence-corrected chi connectivity index (χ3v) is 18.4. The average Bonchev–Trinajstić information content (AvgIpc) is 0.788. The van der Waals surface area contributed by atoms with Gasteiger partial charge in [0.15, 0.2) is 39.6 Å². The minimum atomic E-state index is -0.490. The van der Waals surface area contributed by atoms with Crippen molar-refractivity contribution in [1.82, 2.24) is 29.4 Å². The van der Waals surface area contributed by atoms with Gasteiger partial charge in [-0.05, 0) is 156 Å². The molecule has 24 heteroatoms. The van der Waals surface area contributed by atoms with Crippen LogP contribution in [0, 0.1) is 0 Å².